The molecule has 3 atom stereocenters. The van der Waals surface area contributed by atoms with Gasteiger partial charge in [-0.05, 0) is 61.8 Å². The van der Waals surface area contributed by atoms with Crippen LogP contribution in [0.5, 0.6) is 0 Å². The van der Waals surface area contributed by atoms with Gasteiger partial charge in [0.05, 0.1) is 12.7 Å². The molecule has 0 saturated carbocycles. The zero-order valence-electron chi connectivity index (χ0n) is 17.0. The number of aliphatic hydroxyl groups excluding tert-OH is 1. The monoisotopic (exact) mass is 368 g/mol. The van der Waals surface area contributed by atoms with Gasteiger partial charge in [-0.25, -0.2) is 0 Å². The average molecular weight is 369 g/mol. The second kappa shape index (κ2) is 8.14. The molecule has 0 radical (unpaired) electrons. The quantitative estimate of drug-likeness (QED) is 0.727. The van der Waals surface area contributed by atoms with Gasteiger partial charge in [0, 0.05) is 6.42 Å². The van der Waals surface area contributed by atoms with Crippen LogP contribution >= 0.6 is 0 Å². The van der Waals surface area contributed by atoms with Crippen molar-refractivity contribution in [1.82, 2.24) is 0 Å². The molecule has 3 heteroatoms. The van der Waals surface area contributed by atoms with E-state index in [4.69, 9.17) is 9.47 Å². The zero-order valence-corrected chi connectivity index (χ0v) is 17.0. The Morgan fingerprint density at radius 2 is 2.04 bits per heavy atom. The van der Waals surface area contributed by atoms with Crippen LogP contribution in [0.4, 0.5) is 0 Å². The lowest BCUT2D eigenvalue weighted by atomic mass is 9.90. The van der Waals surface area contributed by atoms with Gasteiger partial charge >= 0.3 is 0 Å². The first kappa shape index (κ1) is 20.1. The minimum absolute atomic E-state index is 0.267. The van der Waals surface area contributed by atoms with Crippen LogP contribution in [0.2, 0.25) is 0 Å². The molecular weight excluding hydrogens is 336 g/mol. The predicted molar refractivity (Wildman–Crippen MR) is 110 cm³/mol. The van der Waals surface area contributed by atoms with Gasteiger partial charge in [0.2, 0.25) is 0 Å². The molecule has 27 heavy (non-hydrogen) atoms. The highest BCUT2D eigenvalue weighted by molar-refractivity contribution is 5.44. The Morgan fingerprint density at radius 1 is 1.26 bits per heavy atom. The summed E-state index contributed by atoms with van der Waals surface area (Å²) in [6.45, 7) is 12.7. The lowest BCUT2D eigenvalue weighted by Gasteiger charge is -2.20. The lowest BCUT2D eigenvalue weighted by molar-refractivity contribution is -0.150. The largest absolute Gasteiger partial charge is 0.390 e. The van der Waals surface area contributed by atoms with Gasteiger partial charge in [0.25, 0.3) is 0 Å². The number of hydrogen-bond acceptors (Lipinski definition) is 3. The van der Waals surface area contributed by atoms with Crippen molar-refractivity contribution in [3.63, 3.8) is 0 Å². The van der Waals surface area contributed by atoms with Crippen LogP contribution in [0.3, 0.4) is 0 Å². The summed E-state index contributed by atoms with van der Waals surface area (Å²) in [6, 6.07) is 0. The highest BCUT2D eigenvalue weighted by Gasteiger charge is 2.36. The Morgan fingerprint density at radius 3 is 2.70 bits per heavy atom. The molecule has 0 aromatic carbocycles. The van der Waals surface area contributed by atoms with Crippen molar-refractivity contribution in [1.29, 1.82) is 0 Å². The molecule has 3 nitrogen and oxygen atoms in total. The normalized spacial score (nSPS) is 28.9. The topological polar surface area (TPSA) is 38.7 Å². The van der Waals surface area contributed by atoms with E-state index in [1.165, 1.54) is 22.3 Å². The molecule has 146 valence electrons. The van der Waals surface area contributed by atoms with Crippen molar-refractivity contribution in [2.75, 3.05) is 6.61 Å². The Labute approximate surface area is 163 Å². The van der Waals surface area contributed by atoms with Crippen molar-refractivity contribution in [3.05, 3.63) is 70.9 Å². The molecule has 1 saturated heterocycles. The number of aliphatic hydroxyl groups is 1. The molecule has 2 unspecified atom stereocenters. The second-order valence-electron chi connectivity index (χ2n) is 8.38. The van der Waals surface area contributed by atoms with Gasteiger partial charge in [-0.1, -0.05) is 55.5 Å². The summed E-state index contributed by atoms with van der Waals surface area (Å²) >= 11 is 0. The molecule has 1 heterocycles. The molecular formula is C24H32O3. The zero-order chi connectivity index (χ0) is 19.6. The molecule has 1 N–H and O–H groups in total. The van der Waals surface area contributed by atoms with E-state index in [2.05, 4.69) is 56.9 Å². The Bertz CT molecular complexity index is 746. The summed E-state index contributed by atoms with van der Waals surface area (Å²) in [5.74, 6) is -0.178. The molecule has 0 spiro atoms. The van der Waals surface area contributed by atoms with E-state index in [1.54, 1.807) is 0 Å². The third kappa shape index (κ3) is 5.19. The maximum atomic E-state index is 10.6. The van der Waals surface area contributed by atoms with Crippen LogP contribution in [0.15, 0.2) is 70.9 Å². The smallest absolute Gasteiger partial charge is 0.163 e. The molecule has 3 aliphatic rings. The second-order valence-corrected chi connectivity index (χ2v) is 8.38. The van der Waals surface area contributed by atoms with Crippen molar-refractivity contribution in [3.8, 4) is 0 Å². The van der Waals surface area contributed by atoms with E-state index in [1.807, 2.05) is 13.8 Å². The van der Waals surface area contributed by atoms with Gasteiger partial charge in [0.15, 0.2) is 5.79 Å². The van der Waals surface area contributed by atoms with Crippen LogP contribution in [0.25, 0.3) is 0 Å². The molecule has 0 bridgehead atoms. The van der Waals surface area contributed by atoms with Crippen LogP contribution in [-0.4, -0.2) is 29.7 Å². The molecule has 2 aliphatic carbocycles. The highest BCUT2D eigenvalue weighted by atomic mass is 16.7. The van der Waals surface area contributed by atoms with Gasteiger partial charge in [0.1, 0.15) is 6.10 Å². The molecule has 3 rings (SSSR count). The third-order valence-corrected chi connectivity index (χ3v) is 5.57. The van der Waals surface area contributed by atoms with E-state index in [0.717, 1.165) is 18.4 Å². The highest BCUT2D eigenvalue weighted by Crippen LogP contribution is 2.30. The molecule has 1 aliphatic heterocycles. The number of allylic oxidation sites excluding steroid dienone is 10. The molecule has 1 fully saturated rings. The van der Waals surface area contributed by atoms with E-state index in [0.29, 0.717) is 18.9 Å². The first-order valence-corrected chi connectivity index (χ1v) is 9.86. The molecule has 0 aromatic rings. The average Bonchev–Trinajstić information content (AvgIpc) is 2.89. The summed E-state index contributed by atoms with van der Waals surface area (Å²) in [6.07, 6.45) is 14.8. The van der Waals surface area contributed by atoms with Crippen molar-refractivity contribution in [2.45, 2.75) is 65.0 Å². The summed E-state index contributed by atoms with van der Waals surface area (Å²) in [5, 5.41) is 10.6. The lowest BCUT2D eigenvalue weighted by Crippen LogP contribution is -2.30. The molecule has 0 amide bonds. The van der Waals surface area contributed by atoms with Crippen LogP contribution < -0.4 is 0 Å². The van der Waals surface area contributed by atoms with E-state index in [9.17, 15) is 5.11 Å². The van der Waals surface area contributed by atoms with Gasteiger partial charge < -0.3 is 14.6 Å². The maximum absolute atomic E-state index is 10.6. The minimum Gasteiger partial charge on any atom is -0.390 e. The fourth-order valence-electron chi connectivity index (χ4n) is 3.61. The number of hydrogen-bond donors (Lipinski definition) is 1. The Hall–Kier alpha value is -1.68. The van der Waals surface area contributed by atoms with Gasteiger partial charge in [-0.3, -0.25) is 0 Å². The van der Waals surface area contributed by atoms with Gasteiger partial charge in [-0.15, -0.1) is 0 Å². The summed E-state index contributed by atoms with van der Waals surface area (Å²) in [5.41, 5.74) is 6.34. The van der Waals surface area contributed by atoms with Crippen molar-refractivity contribution < 1.29 is 14.6 Å². The fraction of sp³-hybridized carbons (Fsp3) is 0.500. The first-order valence-electron chi connectivity index (χ1n) is 9.86. The van der Waals surface area contributed by atoms with E-state index >= 15 is 0 Å². The summed E-state index contributed by atoms with van der Waals surface area (Å²) in [7, 11) is 0. The van der Waals surface area contributed by atoms with Crippen molar-refractivity contribution >= 4 is 0 Å². The Balaban J connectivity index is 1.61. The fourth-order valence-corrected chi connectivity index (χ4v) is 3.61. The number of rotatable bonds is 5. The van der Waals surface area contributed by atoms with Crippen LogP contribution in [-0.2, 0) is 9.47 Å². The first-order chi connectivity index (χ1) is 12.7. The Kier molecular flexibility index (Phi) is 6.05. The SMILES string of the molecule is C=C1C=C(CC2=C(C)CC=C(CC(O)[C@H]3COC(C)(C)O3)C=C2)C=CC1C. The third-order valence-electron chi connectivity index (χ3n) is 5.57. The van der Waals surface area contributed by atoms with E-state index < -0.39 is 11.9 Å². The standard InChI is InChI=1S/C24H32O3/c1-16-6-9-20(12-18(16)3)13-21-11-10-19(8-7-17(21)2)14-22(25)23-15-26-24(4,5)27-23/h6,8-12,16,22-23,25H,3,7,13-15H2,1-2,4-5H3/t16?,22?,23-/m1/s1. The van der Waals surface area contributed by atoms with Crippen LogP contribution in [0.1, 0.15) is 47.0 Å². The van der Waals surface area contributed by atoms with Crippen molar-refractivity contribution in [2.24, 2.45) is 5.92 Å². The predicted octanol–water partition coefficient (Wildman–Crippen LogP) is 5.17. The van der Waals surface area contributed by atoms with Gasteiger partial charge in [-0.2, -0.15) is 0 Å². The number of ether oxygens (including phenoxy) is 2. The van der Waals surface area contributed by atoms with Crippen LogP contribution in [0, 0.1) is 5.92 Å². The van der Waals surface area contributed by atoms with E-state index in [-0.39, 0.29) is 6.10 Å². The molecule has 0 aromatic heterocycles. The summed E-state index contributed by atoms with van der Waals surface area (Å²) < 4.78 is 11.4. The maximum Gasteiger partial charge on any atom is 0.163 e. The summed E-state index contributed by atoms with van der Waals surface area (Å²) in [4.78, 5) is 0. The minimum atomic E-state index is -0.604.